The van der Waals surface area contributed by atoms with Gasteiger partial charge in [-0.3, -0.25) is 4.79 Å². The van der Waals surface area contributed by atoms with E-state index in [9.17, 15) is 13.6 Å². The second-order valence-electron chi connectivity index (χ2n) is 6.11. The van der Waals surface area contributed by atoms with E-state index < -0.39 is 23.1 Å². The van der Waals surface area contributed by atoms with Crippen LogP contribution in [0.4, 0.5) is 8.78 Å². The summed E-state index contributed by atoms with van der Waals surface area (Å²) in [6.07, 6.45) is 4.78. The highest BCUT2D eigenvalue weighted by Crippen LogP contribution is 2.22. The molecule has 0 aromatic heterocycles. The maximum Gasteiger partial charge on any atom is 0.284 e. The molecular formula is C21H22ClF2N3O2. The zero-order chi connectivity index (χ0) is 21.2. The molecule has 2 aromatic carbocycles. The third-order valence-electron chi connectivity index (χ3n) is 3.86. The van der Waals surface area contributed by atoms with Gasteiger partial charge in [0.1, 0.15) is 28.8 Å². The van der Waals surface area contributed by atoms with Crippen molar-refractivity contribution < 1.29 is 18.3 Å². The van der Waals surface area contributed by atoms with E-state index >= 15 is 0 Å². The monoisotopic (exact) mass is 421 g/mol. The van der Waals surface area contributed by atoms with Crippen LogP contribution >= 0.6 is 11.6 Å². The molecule has 1 amide bonds. The molecule has 8 heteroatoms. The number of hydrogen-bond donors (Lipinski definition) is 2. The van der Waals surface area contributed by atoms with E-state index in [-0.39, 0.29) is 5.84 Å². The summed E-state index contributed by atoms with van der Waals surface area (Å²) in [5, 5.41) is 3.53. The van der Waals surface area contributed by atoms with Crippen molar-refractivity contribution in [3.05, 3.63) is 76.5 Å². The fourth-order valence-corrected chi connectivity index (χ4v) is 2.52. The summed E-state index contributed by atoms with van der Waals surface area (Å²) in [5.41, 5.74) is 5.69. The van der Waals surface area contributed by atoms with Crippen molar-refractivity contribution in [1.82, 2.24) is 5.32 Å². The highest BCUT2D eigenvalue weighted by molar-refractivity contribution is 6.31. The molecule has 154 valence electrons. The van der Waals surface area contributed by atoms with Crippen LogP contribution in [0.15, 0.2) is 53.7 Å². The van der Waals surface area contributed by atoms with E-state index in [1.807, 2.05) is 6.07 Å². The minimum Gasteiger partial charge on any atom is -0.494 e. The number of halogens is 3. The fraction of sp³-hybridized carbons (Fsp3) is 0.238. The molecule has 0 radical (unpaired) electrons. The van der Waals surface area contributed by atoms with Crippen LogP contribution in [0.3, 0.4) is 0 Å². The first-order chi connectivity index (χ1) is 13.9. The number of amides is 1. The summed E-state index contributed by atoms with van der Waals surface area (Å²) < 4.78 is 32.8. The number of ether oxygens (including phenoxy) is 1. The summed E-state index contributed by atoms with van der Waals surface area (Å²) in [4.78, 5) is 15.4. The van der Waals surface area contributed by atoms with E-state index in [1.165, 1.54) is 12.3 Å². The molecule has 0 saturated heterocycles. The van der Waals surface area contributed by atoms with Crippen molar-refractivity contribution in [3.63, 3.8) is 0 Å². The second-order valence-corrected chi connectivity index (χ2v) is 6.52. The summed E-state index contributed by atoms with van der Waals surface area (Å²) in [6, 6.07) is 8.50. The van der Waals surface area contributed by atoms with Crippen LogP contribution in [0, 0.1) is 11.6 Å². The number of aliphatic imine (C=N–C) groups is 1. The Kier molecular flexibility index (Phi) is 8.61. The van der Waals surface area contributed by atoms with E-state index in [2.05, 4.69) is 17.2 Å². The number of nitrogens with zero attached hydrogens (tertiary/aromatic N) is 1. The van der Waals surface area contributed by atoms with Crippen LogP contribution in [-0.4, -0.2) is 18.3 Å². The molecule has 5 nitrogen and oxygen atoms in total. The number of amidine groups is 1. The number of carbonyl (C=O) groups excluding carboxylic acids is 1. The minimum atomic E-state index is -1.09. The molecule has 0 spiro atoms. The molecule has 29 heavy (non-hydrogen) atoms. The third kappa shape index (κ3) is 6.87. The van der Waals surface area contributed by atoms with Crippen molar-refractivity contribution in [2.75, 3.05) is 6.61 Å². The van der Waals surface area contributed by atoms with E-state index in [0.29, 0.717) is 18.2 Å². The lowest BCUT2D eigenvalue weighted by Crippen LogP contribution is -2.15. The van der Waals surface area contributed by atoms with Crippen LogP contribution in [0.5, 0.6) is 5.75 Å². The maximum atomic E-state index is 13.6. The number of nitrogens with one attached hydrogen (secondary N) is 1. The predicted molar refractivity (Wildman–Crippen MR) is 110 cm³/mol. The summed E-state index contributed by atoms with van der Waals surface area (Å²) >= 11 is 6.18. The van der Waals surface area contributed by atoms with Crippen LogP contribution in [0.25, 0.3) is 0 Å². The van der Waals surface area contributed by atoms with Gasteiger partial charge < -0.3 is 15.8 Å². The van der Waals surface area contributed by atoms with Gasteiger partial charge in [-0.1, -0.05) is 31.0 Å². The highest BCUT2D eigenvalue weighted by atomic mass is 35.5. The van der Waals surface area contributed by atoms with Gasteiger partial charge in [0.2, 0.25) is 0 Å². The first-order valence-corrected chi connectivity index (χ1v) is 9.43. The van der Waals surface area contributed by atoms with Crippen molar-refractivity contribution in [3.8, 4) is 5.75 Å². The number of unbranched alkanes of at least 4 members (excludes halogenated alkanes) is 1. The Hall–Kier alpha value is -2.93. The quantitative estimate of drug-likeness (QED) is 0.352. The predicted octanol–water partition coefficient (Wildman–Crippen LogP) is 4.60. The molecule has 0 heterocycles. The van der Waals surface area contributed by atoms with Gasteiger partial charge in [0.25, 0.3) is 5.91 Å². The Labute approximate surface area is 173 Å². The molecule has 2 aromatic rings. The molecule has 3 N–H and O–H groups in total. The van der Waals surface area contributed by atoms with Crippen molar-refractivity contribution in [1.29, 1.82) is 0 Å². The molecular weight excluding hydrogens is 400 g/mol. The number of nitrogens with two attached hydrogens (primary N) is 1. The van der Waals surface area contributed by atoms with Gasteiger partial charge in [-0.05, 0) is 48.4 Å². The summed E-state index contributed by atoms with van der Waals surface area (Å²) in [7, 11) is 0. The number of benzene rings is 2. The third-order valence-corrected chi connectivity index (χ3v) is 4.22. The maximum absolute atomic E-state index is 13.6. The molecule has 0 aliphatic carbocycles. The average Bonchev–Trinajstić information content (AvgIpc) is 2.67. The first-order valence-electron chi connectivity index (χ1n) is 9.06. The van der Waals surface area contributed by atoms with Crippen molar-refractivity contribution in [2.24, 2.45) is 10.7 Å². The standard InChI is InChI=1S/C21H22ClF2N3O2/c1-2-3-11-29-15-7-8-16(22)14(12-15)13-26-10-9-19(25)27-21(28)20-17(23)5-4-6-18(20)24/h4-10,12,26H,2-3,11,13H2,1H3,(H2,25,27,28)/b10-9-. The summed E-state index contributed by atoms with van der Waals surface area (Å²) in [5.74, 6) is -2.56. The topological polar surface area (TPSA) is 76.7 Å². The van der Waals surface area contributed by atoms with Crippen LogP contribution in [0.2, 0.25) is 5.02 Å². The van der Waals surface area contributed by atoms with Crippen LogP contribution < -0.4 is 15.8 Å². The van der Waals surface area contributed by atoms with Gasteiger partial charge in [0.05, 0.1) is 6.61 Å². The number of hydrogen-bond acceptors (Lipinski definition) is 3. The largest absolute Gasteiger partial charge is 0.494 e. The van der Waals surface area contributed by atoms with Crippen LogP contribution in [-0.2, 0) is 6.54 Å². The minimum absolute atomic E-state index is 0.201. The van der Waals surface area contributed by atoms with Gasteiger partial charge >= 0.3 is 0 Å². The molecule has 0 unspecified atom stereocenters. The Morgan fingerprint density at radius 1 is 1.28 bits per heavy atom. The Morgan fingerprint density at radius 2 is 2.00 bits per heavy atom. The Bertz CT molecular complexity index is 897. The second kappa shape index (κ2) is 11.2. The van der Waals surface area contributed by atoms with Crippen LogP contribution in [0.1, 0.15) is 35.7 Å². The smallest absolute Gasteiger partial charge is 0.284 e. The molecule has 0 fully saturated rings. The number of carbonyl (C=O) groups is 1. The van der Waals surface area contributed by atoms with Gasteiger partial charge in [-0.25, -0.2) is 8.78 Å². The van der Waals surface area contributed by atoms with Gasteiger partial charge in [-0.2, -0.15) is 4.99 Å². The molecule has 0 aliphatic rings. The average molecular weight is 422 g/mol. The zero-order valence-corrected chi connectivity index (χ0v) is 16.7. The normalized spacial score (nSPS) is 11.7. The number of rotatable bonds is 9. The first kappa shape index (κ1) is 22.4. The highest BCUT2D eigenvalue weighted by Gasteiger charge is 2.16. The molecule has 0 aliphatic heterocycles. The molecule has 0 bridgehead atoms. The van der Waals surface area contributed by atoms with Crippen molar-refractivity contribution >= 4 is 23.3 Å². The summed E-state index contributed by atoms with van der Waals surface area (Å²) in [6.45, 7) is 3.10. The van der Waals surface area contributed by atoms with Gasteiger partial charge in [0.15, 0.2) is 0 Å². The van der Waals surface area contributed by atoms with Crippen molar-refractivity contribution in [2.45, 2.75) is 26.3 Å². The molecule has 0 atom stereocenters. The lowest BCUT2D eigenvalue weighted by atomic mass is 10.2. The van der Waals surface area contributed by atoms with E-state index in [4.69, 9.17) is 22.1 Å². The Morgan fingerprint density at radius 3 is 2.69 bits per heavy atom. The Balaban J connectivity index is 1.95. The van der Waals surface area contributed by atoms with Gasteiger partial charge in [-0.15, -0.1) is 0 Å². The molecule has 0 saturated carbocycles. The SMILES string of the molecule is CCCCOc1ccc(Cl)c(CN/C=C\C(N)=NC(=O)c2c(F)cccc2F)c1. The van der Waals surface area contributed by atoms with E-state index in [1.54, 1.807) is 12.1 Å². The fourth-order valence-electron chi connectivity index (χ4n) is 2.34. The zero-order valence-electron chi connectivity index (χ0n) is 15.9. The molecule has 2 rings (SSSR count). The van der Waals surface area contributed by atoms with E-state index in [0.717, 1.165) is 42.4 Å². The lowest BCUT2D eigenvalue weighted by molar-refractivity contribution is 0.0995. The van der Waals surface area contributed by atoms with Gasteiger partial charge in [0, 0.05) is 17.8 Å². The lowest BCUT2D eigenvalue weighted by Gasteiger charge is -2.09.